The first-order chi connectivity index (χ1) is 11.8. The second kappa shape index (κ2) is 7.90. The van der Waals surface area contributed by atoms with Crippen LogP contribution in [0.3, 0.4) is 0 Å². The third kappa shape index (κ3) is 4.64. The normalized spacial score (nSPS) is 10.0. The first-order valence-corrected chi connectivity index (χ1v) is 8.04. The number of hydrogen-bond acceptors (Lipinski definition) is 4. The van der Waals surface area contributed by atoms with E-state index in [2.05, 4.69) is 21.2 Å². The van der Waals surface area contributed by atoms with Gasteiger partial charge in [0.25, 0.3) is 5.91 Å². The number of carbonyl (C=O) groups excluding carboxylic acids is 2. The summed E-state index contributed by atoms with van der Waals surface area (Å²) < 4.78 is 19.3. The molecule has 0 aliphatic heterocycles. The maximum Gasteiger partial charge on any atom is 0.341 e. The molecule has 2 rings (SSSR count). The van der Waals surface area contributed by atoms with E-state index in [1.807, 2.05) is 19.9 Å². The summed E-state index contributed by atoms with van der Waals surface area (Å²) in [6.45, 7) is 3.29. The number of nitriles is 1. The van der Waals surface area contributed by atoms with Crippen molar-refractivity contribution in [3.8, 4) is 6.07 Å². The molecule has 0 spiro atoms. The molecule has 0 unspecified atom stereocenters. The molecule has 0 heterocycles. The lowest BCUT2D eigenvalue weighted by molar-refractivity contribution is -0.119. The summed E-state index contributed by atoms with van der Waals surface area (Å²) in [6.07, 6.45) is 0. The summed E-state index contributed by atoms with van der Waals surface area (Å²) in [5.74, 6) is -2.40. The highest BCUT2D eigenvalue weighted by Crippen LogP contribution is 2.26. The van der Waals surface area contributed by atoms with E-state index in [0.717, 1.165) is 23.3 Å². The van der Waals surface area contributed by atoms with E-state index in [1.165, 1.54) is 6.07 Å². The number of esters is 1. The number of carbonyl (C=O) groups is 2. The fraction of sp³-hybridized carbons (Fsp3) is 0.167. The van der Waals surface area contributed by atoms with Crippen LogP contribution >= 0.6 is 15.9 Å². The number of nitrogens with zero attached hydrogens (tertiary/aromatic N) is 1. The van der Waals surface area contributed by atoms with Crippen LogP contribution in [0.4, 0.5) is 10.1 Å². The number of amides is 1. The zero-order chi connectivity index (χ0) is 18.6. The number of benzene rings is 2. The van der Waals surface area contributed by atoms with Crippen molar-refractivity contribution < 1.29 is 18.7 Å². The predicted molar refractivity (Wildman–Crippen MR) is 93.6 cm³/mol. The maximum absolute atomic E-state index is 13.7. The standard InChI is InChI=1S/C18H14BrFN2O3/c1-10-5-14(19)16(6-11(10)2)22-17(23)9-25-18(24)13-4-3-12(8-21)7-15(13)20/h3-7H,9H2,1-2H3,(H,22,23). The van der Waals surface area contributed by atoms with E-state index in [-0.39, 0.29) is 11.1 Å². The van der Waals surface area contributed by atoms with E-state index in [4.69, 9.17) is 10.00 Å². The minimum absolute atomic E-state index is 0.0892. The molecule has 0 saturated carbocycles. The SMILES string of the molecule is Cc1cc(Br)c(NC(=O)COC(=O)c2ccc(C#N)cc2F)cc1C. The average molecular weight is 405 g/mol. The van der Waals surface area contributed by atoms with Crippen LogP contribution in [0, 0.1) is 31.0 Å². The second-order valence-electron chi connectivity index (χ2n) is 5.35. The van der Waals surface area contributed by atoms with Gasteiger partial charge in [0.2, 0.25) is 0 Å². The Morgan fingerprint density at radius 1 is 1.24 bits per heavy atom. The Morgan fingerprint density at radius 3 is 2.56 bits per heavy atom. The monoisotopic (exact) mass is 404 g/mol. The Morgan fingerprint density at radius 2 is 1.92 bits per heavy atom. The molecule has 7 heteroatoms. The summed E-state index contributed by atoms with van der Waals surface area (Å²) >= 11 is 3.35. The molecule has 0 atom stereocenters. The topological polar surface area (TPSA) is 79.2 Å². The van der Waals surface area contributed by atoms with Crippen LogP contribution < -0.4 is 5.32 Å². The van der Waals surface area contributed by atoms with Gasteiger partial charge in [-0.05, 0) is 71.2 Å². The summed E-state index contributed by atoms with van der Waals surface area (Å²) in [5.41, 5.74) is 2.36. The van der Waals surface area contributed by atoms with Crippen molar-refractivity contribution in [3.05, 3.63) is 62.9 Å². The molecule has 1 N–H and O–H groups in total. The number of halogens is 2. The summed E-state index contributed by atoms with van der Waals surface area (Å²) in [6, 6.07) is 8.80. The smallest absolute Gasteiger partial charge is 0.341 e. The lowest BCUT2D eigenvalue weighted by atomic mass is 10.1. The summed E-state index contributed by atoms with van der Waals surface area (Å²) in [4.78, 5) is 23.8. The van der Waals surface area contributed by atoms with Crippen molar-refractivity contribution >= 4 is 33.5 Å². The van der Waals surface area contributed by atoms with Crippen molar-refractivity contribution in [1.82, 2.24) is 0 Å². The highest BCUT2D eigenvalue weighted by molar-refractivity contribution is 9.10. The molecule has 0 aliphatic carbocycles. The van der Waals surface area contributed by atoms with Gasteiger partial charge in [-0.2, -0.15) is 5.26 Å². The molecular weight excluding hydrogens is 391 g/mol. The molecule has 128 valence electrons. The number of anilines is 1. The van der Waals surface area contributed by atoms with Gasteiger partial charge in [-0.15, -0.1) is 0 Å². The zero-order valence-electron chi connectivity index (χ0n) is 13.5. The van der Waals surface area contributed by atoms with Gasteiger partial charge in [-0.25, -0.2) is 9.18 Å². The molecule has 25 heavy (non-hydrogen) atoms. The molecule has 2 aromatic carbocycles. The largest absolute Gasteiger partial charge is 0.452 e. The molecule has 1 amide bonds. The maximum atomic E-state index is 13.7. The van der Waals surface area contributed by atoms with Crippen LogP contribution in [0.2, 0.25) is 0 Å². The quantitative estimate of drug-likeness (QED) is 0.784. The number of hydrogen-bond donors (Lipinski definition) is 1. The van der Waals surface area contributed by atoms with Gasteiger partial charge in [0.1, 0.15) is 5.82 Å². The first kappa shape index (κ1) is 18.6. The van der Waals surface area contributed by atoms with Gasteiger partial charge in [0.15, 0.2) is 6.61 Å². The Balaban J connectivity index is 1.99. The van der Waals surface area contributed by atoms with Crippen molar-refractivity contribution in [2.24, 2.45) is 0 Å². The highest BCUT2D eigenvalue weighted by Gasteiger charge is 2.16. The van der Waals surface area contributed by atoms with Crippen molar-refractivity contribution in [3.63, 3.8) is 0 Å². The van der Waals surface area contributed by atoms with Gasteiger partial charge >= 0.3 is 5.97 Å². The molecule has 0 aliphatic rings. The average Bonchev–Trinajstić information content (AvgIpc) is 2.57. The van der Waals surface area contributed by atoms with Crippen LogP contribution in [-0.4, -0.2) is 18.5 Å². The van der Waals surface area contributed by atoms with Crippen molar-refractivity contribution in [1.29, 1.82) is 5.26 Å². The van der Waals surface area contributed by atoms with E-state index < -0.39 is 24.3 Å². The lowest BCUT2D eigenvalue weighted by Gasteiger charge is -2.11. The first-order valence-electron chi connectivity index (χ1n) is 7.25. The van der Waals surface area contributed by atoms with E-state index in [0.29, 0.717) is 10.2 Å². The lowest BCUT2D eigenvalue weighted by Crippen LogP contribution is -2.21. The Kier molecular flexibility index (Phi) is 5.88. The summed E-state index contributed by atoms with van der Waals surface area (Å²) in [7, 11) is 0. The number of ether oxygens (including phenoxy) is 1. The van der Waals surface area contributed by atoms with E-state index in [1.54, 1.807) is 12.1 Å². The van der Waals surface area contributed by atoms with Crippen molar-refractivity contribution in [2.75, 3.05) is 11.9 Å². The molecule has 0 bridgehead atoms. The molecule has 0 fully saturated rings. The molecule has 0 saturated heterocycles. The number of rotatable bonds is 4. The fourth-order valence-electron chi connectivity index (χ4n) is 2.02. The number of nitrogens with one attached hydrogen (secondary N) is 1. The van der Waals surface area contributed by atoms with Crippen LogP contribution in [0.15, 0.2) is 34.8 Å². The minimum Gasteiger partial charge on any atom is -0.452 e. The highest BCUT2D eigenvalue weighted by atomic mass is 79.9. The zero-order valence-corrected chi connectivity index (χ0v) is 15.1. The van der Waals surface area contributed by atoms with Gasteiger partial charge in [-0.1, -0.05) is 0 Å². The van der Waals surface area contributed by atoms with Crippen LogP contribution in [0.25, 0.3) is 0 Å². The third-order valence-electron chi connectivity index (χ3n) is 3.51. The van der Waals surface area contributed by atoms with E-state index in [9.17, 15) is 14.0 Å². The van der Waals surface area contributed by atoms with Crippen LogP contribution in [-0.2, 0) is 9.53 Å². The minimum atomic E-state index is -0.976. The fourth-order valence-corrected chi connectivity index (χ4v) is 2.58. The summed E-state index contributed by atoms with van der Waals surface area (Å²) in [5, 5.41) is 11.3. The Hall–Kier alpha value is -2.72. The Labute approximate surface area is 152 Å². The molecule has 0 aromatic heterocycles. The second-order valence-corrected chi connectivity index (χ2v) is 6.20. The molecular formula is C18H14BrFN2O3. The van der Waals surface area contributed by atoms with Gasteiger partial charge < -0.3 is 10.1 Å². The molecule has 2 aromatic rings. The molecule has 5 nitrogen and oxygen atoms in total. The van der Waals surface area contributed by atoms with Gasteiger partial charge in [0, 0.05) is 4.47 Å². The van der Waals surface area contributed by atoms with Crippen LogP contribution in [0.1, 0.15) is 27.0 Å². The van der Waals surface area contributed by atoms with Crippen molar-refractivity contribution in [2.45, 2.75) is 13.8 Å². The predicted octanol–water partition coefficient (Wildman–Crippen LogP) is 3.87. The Bertz CT molecular complexity index is 891. The number of aryl methyl sites for hydroxylation is 2. The van der Waals surface area contributed by atoms with E-state index >= 15 is 0 Å². The van der Waals surface area contributed by atoms with Gasteiger partial charge in [-0.3, -0.25) is 4.79 Å². The van der Waals surface area contributed by atoms with Gasteiger partial charge in [0.05, 0.1) is 22.9 Å². The molecule has 0 radical (unpaired) electrons. The van der Waals surface area contributed by atoms with Crippen LogP contribution in [0.5, 0.6) is 0 Å². The third-order valence-corrected chi connectivity index (χ3v) is 4.17.